The number of carbonyl (C=O) groups excluding carboxylic acids is 1. The first-order valence-corrected chi connectivity index (χ1v) is 7.19. The molecule has 1 aliphatic rings. The molecule has 2 aromatic rings. The van der Waals surface area contributed by atoms with E-state index in [4.69, 9.17) is 0 Å². The van der Waals surface area contributed by atoms with E-state index in [9.17, 15) is 4.79 Å². The van der Waals surface area contributed by atoms with Gasteiger partial charge in [0.15, 0.2) is 0 Å². The second-order valence-corrected chi connectivity index (χ2v) is 5.30. The van der Waals surface area contributed by atoms with Gasteiger partial charge in [-0.3, -0.25) is 9.36 Å². The first-order chi connectivity index (χ1) is 10.3. The third kappa shape index (κ3) is 2.95. The molecule has 21 heavy (non-hydrogen) atoms. The number of amides is 1. The maximum atomic E-state index is 12.5. The molecule has 1 unspecified atom stereocenters. The second kappa shape index (κ2) is 6.05. The van der Waals surface area contributed by atoms with Crippen LogP contribution in [0.2, 0.25) is 0 Å². The van der Waals surface area contributed by atoms with Gasteiger partial charge in [-0.25, -0.2) is 0 Å². The topological polar surface area (TPSA) is 63.1 Å². The van der Waals surface area contributed by atoms with Crippen molar-refractivity contribution in [1.29, 1.82) is 0 Å². The van der Waals surface area contributed by atoms with Crippen molar-refractivity contribution in [3.63, 3.8) is 0 Å². The molecule has 2 heterocycles. The monoisotopic (exact) mass is 285 g/mol. The van der Waals surface area contributed by atoms with Gasteiger partial charge in [0.1, 0.15) is 12.7 Å². The number of nitrogens with zero attached hydrogens (tertiary/aromatic N) is 4. The first-order valence-electron chi connectivity index (χ1n) is 7.19. The van der Waals surface area contributed by atoms with Gasteiger partial charge in [0, 0.05) is 30.4 Å². The lowest BCUT2D eigenvalue weighted by Gasteiger charge is -2.32. The van der Waals surface area contributed by atoms with Crippen LogP contribution in [0.5, 0.6) is 0 Å². The van der Waals surface area contributed by atoms with Crippen molar-refractivity contribution in [2.75, 3.05) is 20.1 Å². The fourth-order valence-corrected chi connectivity index (χ4v) is 2.69. The molecule has 1 atom stereocenters. The van der Waals surface area contributed by atoms with E-state index in [0.29, 0.717) is 6.04 Å². The number of piperidine rings is 1. The van der Waals surface area contributed by atoms with Crippen molar-refractivity contribution in [3.05, 3.63) is 42.5 Å². The fourth-order valence-electron chi connectivity index (χ4n) is 2.69. The van der Waals surface area contributed by atoms with E-state index in [1.165, 1.54) is 0 Å². The summed E-state index contributed by atoms with van der Waals surface area (Å²) in [6.45, 7) is 1.62. The van der Waals surface area contributed by atoms with Gasteiger partial charge in [0.05, 0.1) is 0 Å². The number of hydrogen-bond donors (Lipinski definition) is 1. The number of rotatable bonds is 3. The highest BCUT2D eigenvalue weighted by molar-refractivity contribution is 5.94. The molecule has 1 aliphatic heterocycles. The average Bonchev–Trinajstić information content (AvgIpc) is 3.09. The van der Waals surface area contributed by atoms with Crippen molar-refractivity contribution in [1.82, 2.24) is 25.0 Å². The number of hydrogen-bond acceptors (Lipinski definition) is 4. The van der Waals surface area contributed by atoms with Crippen LogP contribution >= 0.6 is 0 Å². The molecule has 3 rings (SSSR count). The number of aromatic nitrogens is 3. The van der Waals surface area contributed by atoms with Crippen LogP contribution in [0.1, 0.15) is 23.2 Å². The molecule has 0 aliphatic carbocycles. The highest BCUT2D eigenvalue weighted by atomic mass is 16.2. The Morgan fingerprint density at radius 2 is 1.95 bits per heavy atom. The molecule has 110 valence electrons. The quantitative estimate of drug-likeness (QED) is 0.917. The summed E-state index contributed by atoms with van der Waals surface area (Å²) in [5, 5.41) is 10.8. The molecule has 1 amide bonds. The summed E-state index contributed by atoms with van der Waals surface area (Å²) < 4.78 is 1.81. The molecule has 0 radical (unpaired) electrons. The summed E-state index contributed by atoms with van der Waals surface area (Å²) in [4.78, 5) is 14.5. The van der Waals surface area contributed by atoms with Crippen molar-refractivity contribution in [3.8, 4) is 5.69 Å². The molecule has 1 fully saturated rings. The Morgan fingerprint density at radius 3 is 2.62 bits per heavy atom. The smallest absolute Gasteiger partial charge is 0.253 e. The van der Waals surface area contributed by atoms with Crippen molar-refractivity contribution >= 4 is 5.91 Å². The molecular formula is C15H19N5O. The molecular weight excluding hydrogens is 266 g/mol. The Kier molecular flexibility index (Phi) is 3.96. The zero-order chi connectivity index (χ0) is 14.7. The van der Waals surface area contributed by atoms with Gasteiger partial charge < -0.3 is 10.2 Å². The fraction of sp³-hybridized carbons (Fsp3) is 0.400. The standard InChI is InChI=1S/C15H19N5O/c1-16-13-3-2-8-19(9-13)15(21)12-4-6-14(7-5-12)20-10-17-18-11-20/h4-7,10-11,13,16H,2-3,8-9H2,1H3. The summed E-state index contributed by atoms with van der Waals surface area (Å²) in [5.74, 6) is 0.102. The predicted octanol–water partition coefficient (Wildman–Crippen LogP) is 1.09. The number of likely N-dealkylation sites (N-methyl/N-ethyl adjacent to an activating group) is 1. The minimum atomic E-state index is 0.102. The molecule has 0 saturated carbocycles. The molecule has 1 aromatic carbocycles. The Labute approximate surface area is 123 Å². The summed E-state index contributed by atoms with van der Waals surface area (Å²) in [5.41, 5.74) is 1.67. The van der Waals surface area contributed by atoms with E-state index in [1.807, 2.05) is 40.8 Å². The summed E-state index contributed by atoms with van der Waals surface area (Å²) in [6.07, 6.45) is 5.46. The number of benzene rings is 1. The van der Waals surface area contributed by atoms with E-state index in [-0.39, 0.29) is 5.91 Å². The van der Waals surface area contributed by atoms with Crippen molar-refractivity contribution in [2.45, 2.75) is 18.9 Å². The lowest BCUT2D eigenvalue weighted by molar-refractivity contribution is 0.0698. The SMILES string of the molecule is CNC1CCCN(C(=O)c2ccc(-n3cnnc3)cc2)C1. The van der Waals surface area contributed by atoms with Gasteiger partial charge in [-0.05, 0) is 44.2 Å². The zero-order valence-electron chi connectivity index (χ0n) is 12.1. The lowest BCUT2D eigenvalue weighted by Crippen LogP contribution is -2.46. The number of nitrogens with one attached hydrogen (secondary N) is 1. The van der Waals surface area contributed by atoms with Gasteiger partial charge in [0.25, 0.3) is 5.91 Å². The van der Waals surface area contributed by atoms with E-state index in [0.717, 1.165) is 37.2 Å². The summed E-state index contributed by atoms with van der Waals surface area (Å²) in [6, 6.07) is 7.95. The highest BCUT2D eigenvalue weighted by Crippen LogP contribution is 2.15. The van der Waals surface area contributed by atoms with Gasteiger partial charge in [0.2, 0.25) is 0 Å². The van der Waals surface area contributed by atoms with Gasteiger partial charge in [-0.2, -0.15) is 0 Å². The summed E-state index contributed by atoms with van der Waals surface area (Å²) >= 11 is 0. The molecule has 1 saturated heterocycles. The van der Waals surface area contributed by atoms with Crippen LogP contribution in [-0.2, 0) is 0 Å². The van der Waals surface area contributed by atoms with Gasteiger partial charge in [-0.1, -0.05) is 0 Å². The molecule has 6 nitrogen and oxygen atoms in total. The average molecular weight is 285 g/mol. The molecule has 0 bridgehead atoms. The Morgan fingerprint density at radius 1 is 1.24 bits per heavy atom. The normalized spacial score (nSPS) is 18.7. The Balaban J connectivity index is 1.73. The van der Waals surface area contributed by atoms with Crippen molar-refractivity contribution in [2.24, 2.45) is 0 Å². The number of carbonyl (C=O) groups is 1. The van der Waals surface area contributed by atoms with Gasteiger partial charge >= 0.3 is 0 Å². The highest BCUT2D eigenvalue weighted by Gasteiger charge is 2.23. The maximum absolute atomic E-state index is 12.5. The van der Waals surface area contributed by atoms with Crippen LogP contribution in [0.15, 0.2) is 36.9 Å². The predicted molar refractivity (Wildman–Crippen MR) is 79.3 cm³/mol. The zero-order valence-corrected chi connectivity index (χ0v) is 12.1. The Hall–Kier alpha value is -2.21. The van der Waals surface area contributed by atoms with Gasteiger partial charge in [-0.15, -0.1) is 10.2 Å². The minimum Gasteiger partial charge on any atom is -0.337 e. The van der Waals surface area contributed by atoms with Crippen LogP contribution < -0.4 is 5.32 Å². The second-order valence-electron chi connectivity index (χ2n) is 5.30. The molecule has 1 aromatic heterocycles. The van der Waals surface area contributed by atoms with E-state index in [1.54, 1.807) is 12.7 Å². The third-order valence-electron chi connectivity index (χ3n) is 3.95. The first kappa shape index (κ1) is 13.8. The largest absolute Gasteiger partial charge is 0.337 e. The lowest BCUT2D eigenvalue weighted by atomic mass is 10.0. The minimum absolute atomic E-state index is 0.102. The van der Waals surface area contributed by atoms with Crippen LogP contribution in [0.4, 0.5) is 0 Å². The van der Waals surface area contributed by atoms with E-state index < -0.39 is 0 Å². The van der Waals surface area contributed by atoms with E-state index in [2.05, 4.69) is 15.5 Å². The summed E-state index contributed by atoms with van der Waals surface area (Å²) in [7, 11) is 1.95. The maximum Gasteiger partial charge on any atom is 0.253 e. The van der Waals surface area contributed by atoms with Crippen LogP contribution in [0.25, 0.3) is 5.69 Å². The Bertz CT molecular complexity index is 593. The van der Waals surface area contributed by atoms with Crippen LogP contribution in [-0.4, -0.2) is 51.8 Å². The van der Waals surface area contributed by atoms with Crippen molar-refractivity contribution < 1.29 is 4.79 Å². The number of likely N-dealkylation sites (tertiary alicyclic amines) is 1. The third-order valence-corrected chi connectivity index (χ3v) is 3.95. The molecule has 0 spiro atoms. The van der Waals surface area contributed by atoms with Crippen LogP contribution in [0, 0.1) is 0 Å². The van der Waals surface area contributed by atoms with Crippen LogP contribution in [0.3, 0.4) is 0 Å². The van der Waals surface area contributed by atoms with E-state index >= 15 is 0 Å². The molecule has 1 N–H and O–H groups in total. The molecule has 6 heteroatoms.